The number of benzene rings is 2. The van der Waals surface area contributed by atoms with E-state index in [1.807, 2.05) is 56.3 Å². The largest absolute Gasteiger partial charge is 0.481 e. The van der Waals surface area contributed by atoms with E-state index in [4.69, 9.17) is 0 Å². The number of nitrogens with one attached hydrogen (secondary N) is 1. The Kier molecular flexibility index (Phi) is 4.08. The first-order valence-electron chi connectivity index (χ1n) is 6.65. The molecule has 0 fully saturated rings. The fourth-order valence-electron chi connectivity index (χ4n) is 2.27. The Morgan fingerprint density at radius 3 is 2.25 bits per heavy atom. The molecule has 1 atom stereocenters. The number of anilines is 2. The summed E-state index contributed by atoms with van der Waals surface area (Å²) in [5.74, 6) is -1.36. The van der Waals surface area contributed by atoms with Crippen LogP contribution in [-0.2, 0) is 4.79 Å². The maximum atomic E-state index is 11.2. The van der Waals surface area contributed by atoms with Crippen LogP contribution in [0.25, 0.3) is 0 Å². The molecular formula is C17H19NO2. The van der Waals surface area contributed by atoms with Crippen molar-refractivity contribution >= 4 is 17.3 Å². The van der Waals surface area contributed by atoms with Crippen LogP contribution in [0.3, 0.4) is 0 Å². The van der Waals surface area contributed by atoms with Gasteiger partial charge in [0.15, 0.2) is 0 Å². The van der Waals surface area contributed by atoms with Gasteiger partial charge in [0, 0.05) is 11.4 Å². The third-order valence-electron chi connectivity index (χ3n) is 3.54. The maximum Gasteiger partial charge on any atom is 0.310 e. The summed E-state index contributed by atoms with van der Waals surface area (Å²) in [6.45, 7) is 5.78. The number of hydrogen-bond donors (Lipinski definition) is 2. The summed E-state index contributed by atoms with van der Waals surface area (Å²) in [4.78, 5) is 11.2. The molecule has 2 aromatic rings. The number of carbonyl (C=O) groups is 1. The lowest BCUT2D eigenvalue weighted by molar-refractivity contribution is -0.138. The minimum Gasteiger partial charge on any atom is -0.481 e. The molecule has 0 amide bonds. The summed E-state index contributed by atoms with van der Waals surface area (Å²) in [7, 11) is 0. The average Bonchev–Trinajstić information content (AvgIpc) is 2.42. The van der Waals surface area contributed by atoms with E-state index in [1.165, 1.54) is 0 Å². The molecule has 20 heavy (non-hydrogen) atoms. The second-order valence-corrected chi connectivity index (χ2v) is 5.04. The zero-order valence-electron chi connectivity index (χ0n) is 12.0. The van der Waals surface area contributed by atoms with Crippen molar-refractivity contribution in [3.63, 3.8) is 0 Å². The molecule has 0 spiro atoms. The first kappa shape index (κ1) is 14.1. The van der Waals surface area contributed by atoms with Crippen LogP contribution < -0.4 is 5.32 Å². The molecule has 0 aliphatic rings. The van der Waals surface area contributed by atoms with Crippen molar-refractivity contribution in [3.05, 3.63) is 59.2 Å². The number of aliphatic carboxylic acids is 1. The second-order valence-electron chi connectivity index (χ2n) is 5.04. The third kappa shape index (κ3) is 2.82. The van der Waals surface area contributed by atoms with Crippen molar-refractivity contribution in [2.75, 3.05) is 5.32 Å². The number of carboxylic acids is 1. The van der Waals surface area contributed by atoms with Crippen molar-refractivity contribution in [2.24, 2.45) is 0 Å². The van der Waals surface area contributed by atoms with Crippen LogP contribution in [0.4, 0.5) is 11.4 Å². The minimum atomic E-state index is -0.819. The Morgan fingerprint density at radius 2 is 1.65 bits per heavy atom. The van der Waals surface area contributed by atoms with Crippen molar-refractivity contribution in [1.82, 2.24) is 0 Å². The van der Waals surface area contributed by atoms with Gasteiger partial charge in [-0.05, 0) is 43.5 Å². The molecule has 0 bridgehead atoms. The van der Waals surface area contributed by atoms with Crippen LogP contribution in [0.15, 0.2) is 42.5 Å². The van der Waals surface area contributed by atoms with Crippen molar-refractivity contribution in [1.29, 1.82) is 0 Å². The van der Waals surface area contributed by atoms with Crippen LogP contribution >= 0.6 is 0 Å². The predicted molar refractivity (Wildman–Crippen MR) is 81.7 cm³/mol. The molecule has 3 nitrogen and oxygen atoms in total. The van der Waals surface area contributed by atoms with E-state index in [9.17, 15) is 9.90 Å². The Bertz CT molecular complexity index is 614. The number of para-hydroxylation sites is 2. The zero-order chi connectivity index (χ0) is 14.7. The zero-order valence-corrected chi connectivity index (χ0v) is 12.0. The van der Waals surface area contributed by atoms with E-state index in [0.29, 0.717) is 0 Å². The van der Waals surface area contributed by atoms with Gasteiger partial charge in [-0.1, -0.05) is 36.4 Å². The van der Waals surface area contributed by atoms with Crippen molar-refractivity contribution in [3.8, 4) is 0 Å². The summed E-state index contributed by atoms with van der Waals surface area (Å²) in [6.07, 6.45) is 0. The van der Waals surface area contributed by atoms with Gasteiger partial charge in [-0.15, -0.1) is 0 Å². The molecule has 2 aromatic carbocycles. The normalized spacial score (nSPS) is 11.9. The standard InChI is InChI=1S/C17H19NO2/c1-11-7-6-8-12(2)16(11)18-15-10-5-4-9-14(15)13(3)17(19)20/h4-10,13,18H,1-3H3,(H,19,20). The van der Waals surface area contributed by atoms with E-state index >= 15 is 0 Å². The summed E-state index contributed by atoms with van der Waals surface area (Å²) < 4.78 is 0. The lowest BCUT2D eigenvalue weighted by Gasteiger charge is -2.17. The minimum absolute atomic E-state index is 0.539. The van der Waals surface area contributed by atoms with Crippen molar-refractivity contribution in [2.45, 2.75) is 26.7 Å². The number of hydrogen-bond acceptors (Lipinski definition) is 2. The molecule has 0 saturated heterocycles. The monoisotopic (exact) mass is 269 g/mol. The first-order chi connectivity index (χ1) is 9.50. The Labute approximate surface area is 119 Å². The third-order valence-corrected chi connectivity index (χ3v) is 3.54. The highest BCUT2D eigenvalue weighted by atomic mass is 16.4. The number of aryl methyl sites for hydroxylation is 2. The summed E-state index contributed by atoms with van der Waals surface area (Å²) in [6, 6.07) is 13.6. The average molecular weight is 269 g/mol. The fourth-order valence-corrected chi connectivity index (χ4v) is 2.27. The highest BCUT2D eigenvalue weighted by Crippen LogP contribution is 2.30. The molecular weight excluding hydrogens is 250 g/mol. The van der Waals surface area contributed by atoms with Gasteiger partial charge < -0.3 is 10.4 Å². The van der Waals surface area contributed by atoms with Crippen LogP contribution in [0, 0.1) is 13.8 Å². The van der Waals surface area contributed by atoms with Gasteiger partial charge in [0.2, 0.25) is 0 Å². The Morgan fingerprint density at radius 1 is 1.05 bits per heavy atom. The van der Waals surface area contributed by atoms with Crippen LogP contribution in [0.5, 0.6) is 0 Å². The van der Waals surface area contributed by atoms with E-state index in [2.05, 4.69) is 5.32 Å². The highest BCUT2D eigenvalue weighted by molar-refractivity contribution is 5.80. The molecule has 104 valence electrons. The second kappa shape index (κ2) is 5.78. The predicted octanol–water partition coefficient (Wildman–Crippen LogP) is 4.24. The number of carboxylic acid groups (broad SMARTS) is 1. The molecule has 0 aromatic heterocycles. The molecule has 3 heteroatoms. The highest BCUT2D eigenvalue weighted by Gasteiger charge is 2.17. The smallest absolute Gasteiger partial charge is 0.310 e. The SMILES string of the molecule is Cc1cccc(C)c1Nc1ccccc1C(C)C(=O)O. The molecule has 0 radical (unpaired) electrons. The molecule has 2 N–H and O–H groups in total. The first-order valence-corrected chi connectivity index (χ1v) is 6.65. The van der Waals surface area contributed by atoms with Gasteiger partial charge in [0.1, 0.15) is 0 Å². The van der Waals surface area contributed by atoms with E-state index in [-0.39, 0.29) is 0 Å². The molecule has 0 heterocycles. The van der Waals surface area contributed by atoms with Crippen LogP contribution in [0.2, 0.25) is 0 Å². The molecule has 0 saturated carbocycles. The summed E-state index contributed by atoms with van der Waals surface area (Å²) in [5.41, 5.74) is 4.96. The van der Waals surface area contributed by atoms with Gasteiger partial charge in [-0.2, -0.15) is 0 Å². The lowest BCUT2D eigenvalue weighted by atomic mass is 9.98. The van der Waals surface area contributed by atoms with E-state index in [0.717, 1.165) is 28.1 Å². The van der Waals surface area contributed by atoms with Gasteiger partial charge in [0.25, 0.3) is 0 Å². The van der Waals surface area contributed by atoms with Gasteiger partial charge in [-0.25, -0.2) is 0 Å². The molecule has 2 rings (SSSR count). The topological polar surface area (TPSA) is 49.3 Å². The quantitative estimate of drug-likeness (QED) is 0.873. The van der Waals surface area contributed by atoms with Gasteiger partial charge >= 0.3 is 5.97 Å². The van der Waals surface area contributed by atoms with Crippen molar-refractivity contribution < 1.29 is 9.90 Å². The van der Waals surface area contributed by atoms with E-state index < -0.39 is 11.9 Å². The van der Waals surface area contributed by atoms with Gasteiger partial charge in [-0.3, -0.25) is 4.79 Å². The van der Waals surface area contributed by atoms with Crippen LogP contribution in [-0.4, -0.2) is 11.1 Å². The molecule has 0 aliphatic heterocycles. The lowest BCUT2D eigenvalue weighted by Crippen LogP contribution is -2.10. The molecule has 0 aliphatic carbocycles. The van der Waals surface area contributed by atoms with Crippen LogP contribution in [0.1, 0.15) is 29.5 Å². The Balaban J connectivity index is 2.42. The maximum absolute atomic E-state index is 11.2. The fraction of sp³-hybridized carbons (Fsp3) is 0.235. The number of rotatable bonds is 4. The molecule has 1 unspecified atom stereocenters. The summed E-state index contributed by atoms with van der Waals surface area (Å²) in [5, 5.41) is 12.6. The van der Waals surface area contributed by atoms with E-state index in [1.54, 1.807) is 6.92 Å². The Hall–Kier alpha value is -2.29. The summed E-state index contributed by atoms with van der Waals surface area (Å²) >= 11 is 0. The van der Waals surface area contributed by atoms with Gasteiger partial charge in [0.05, 0.1) is 5.92 Å².